The second-order valence-corrected chi connectivity index (χ2v) is 7.03. The molecule has 1 fully saturated rings. The number of carbonyl (C=O) groups excluding carboxylic acids is 2. The summed E-state index contributed by atoms with van der Waals surface area (Å²) in [7, 11) is 9.37. The minimum atomic E-state index is -0.0769. The van der Waals surface area contributed by atoms with Crippen LogP contribution < -0.4 is 0 Å². The highest BCUT2D eigenvalue weighted by molar-refractivity contribution is 5.83. The van der Waals surface area contributed by atoms with Gasteiger partial charge in [0, 0.05) is 47.3 Å². The number of benzene rings is 1. The molecule has 1 aromatic rings. The molecule has 0 saturated carbocycles. The lowest BCUT2D eigenvalue weighted by atomic mass is 9.98. The Balaban J connectivity index is 1.83. The van der Waals surface area contributed by atoms with Gasteiger partial charge in [-0.2, -0.15) is 0 Å². The highest BCUT2D eigenvalue weighted by atomic mass is 16.2. The maximum atomic E-state index is 12.4. The lowest BCUT2D eigenvalue weighted by molar-refractivity contribution is -0.139. The summed E-state index contributed by atoms with van der Waals surface area (Å²) in [5.41, 5.74) is 2.38. The summed E-state index contributed by atoms with van der Waals surface area (Å²) >= 11 is 0. The summed E-state index contributed by atoms with van der Waals surface area (Å²) in [6.07, 6.45) is 0. The van der Waals surface area contributed by atoms with Gasteiger partial charge >= 0.3 is 6.03 Å². The Kier molecular flexibility index (Phi) is 5.83. The topological polar surface area (TPSA) is 47.1 Å². The molecular formula is C18H28N4O2. The van der Waals surface area contributed by atoms with Crippen LogP contribution in [-0.2, 0) is 17.9 Å². The van der Waals surface area contributed by atoms with Crippen molar-refractivity contribution in [2.24, 2.45) is 5.92 Å². The molecule has 1 saturated heterocycles. The summed E-state index contributed by atoms with van der Waals surface area (Å²) in [5.74, 6) is 0.0297. The SMILES string of the molecule is CN(C)Cc1ccc(CN(C)C(=O)C2CN(C(=O)N(C)C)C2)cc1. The van der Waals surface area contributed by atoms with Crippen molar-refractivity contribution in [3.8, 4) is 0 Å². The second-order valence-electron chi connectivity index (χ2n) is 7.03. The molecule has 0 spiro atoms. The van der Waals surface area contributed by atoms with E-state index in [2.05, 4.69) is 29.2 Å². The predicted octanol–water partition coefficient (Wildman–Crippen LogP) is 1.32. The van der Waals surface area contributed by atoms with Gasteiger partial charge < -0.3 is 19.6 Å². The van der Waals surface area contributed by atoms with E-state index in [4.69, 9.17) is 0 Å². The minimum Gasteiger partial charge on any atom is -0.341 e. The lowest BCUT2D eigenvalue weighted by Gasteiger charge is -2.41. The van der Waals surface area contributed by atoms with Crippen LogP contribution in [0.2, 0.25) is 0 Å². The zero-order chi connectivity index (χ0) is 17.9. The fourth-order valence-electron chi connectivity index (χ4n) is 2.85. The largest absolute Gasteiger partial charge is 0.341 e. The van der Waals surface area contributed by atoms with Gasteiger partial charge in [-0.3, -0.25) is 4.79 Å². The van der Waals surface area contributed by atoms with E-state index in [0.717, 1.165) is 12.1 Å². The van der Waals surface area contributed by atoms with Gasteiger partial charge in [-0.1, -0.05) is 24.3 Å². The molecule has 2 rings (SSSR count). The molecule has 0 aliphatic carbocycles. The first-order valence-electron chi connectivity index (χ1n) is 8.21. The summed E-state index contributed by atoms with van der Waals surface area (Å²) in [6, 6.07) is 8.33. The molecule has 0 bridgehead atoms. The molecule has 6 nitrogen and oxygen atoms in total. The predicted molar refractivity (Wildman–Crippen MR) is 94.5 cm³/mol. The average Bonchev–Trinajstić information content (AvgIpc) is 2.46. The molecule has 0 radical (unpaired) electrons. The third-order valence-corrected chi connectivity index (χ3v) is 4.20. The van der Waals surface area contributed by atoms with E-state index in [1.165, 1.54) is 5.56 Å². The van der Waals surface area contributed by atoms with E-state index in [9.17, 15) is 9.59 Å². The molecule has 132 valence electrons. The Morgan fingerprint density at radius 2 is 1.46 bits per heavy atom. The van der Waals surface area contributed by atoms with Crippen LogP contribution >= 0.6 is 0 Å². The van der Waals surface area contributed by atoms with E-state index in [1.807, 2.05) is 21.1 Å². The third kappa shape index (κ3) is 4.47. The van der Waals surface area contributed by atoms with Gasteiger partial charge in [0.1, 0.15) is 0 Å². The van der Waals surface area contributed by atoms with Gasteiger partial charge in [-0.05, 0) is 25.2 Å². The molecule has 1 aliphatic rings. The fraction of sp³-hybridized carbons (Fsp3) is 0.556. The van der Waals surface area contributed by atoms with Crippen molar-refractivity contribution in [1.29, 1.82) is 0 Å². The highest BCUT2D eigenvalue weighted by Crippen LogP contribution is 2.20. The number of amides is 3. The summed E-state index contributed by atoms with van der Waals surface area (Å²) in [5, 5.41) is 0. The number of likely N-dealkylation sites (tertiary alicyclic amines) is 1. The van der Waals surface area contributed by atoms with Crippen LogP contribution in [0.3, 0.4) is 0 Å². The normalized spacial score (nSPS) is 14.5. The highest BCUT2D eigenvalue weighted by Gasteiger charge is 2.37. The summed E-state index contributed by atoms with van der Waals surface area (Å²) in [6.45, 7) is 2.54. The molecule has 1 heterocycles. The van der Waals surface area contributed by atoms with Crippen LogP contribution in [0.25, 0.3) is 0 Å². The van der Waals surface area contributed by atoms with E-state index in [1.54, 1.807) is 28.8 Å². The Morgan fingerprint density at radius 3 is 1.92 bits per heavy atom. The Morgan fingerprint density at radius 1 is 0.958 bits per heavy atom. The number of rotatable bonds is 5. The van der Waals surface area contributed by atoms with Gasteiger partial charge in [-0.15, -0.1) is 0 Å². The van der Waals surface area contributed by atoms with Crippen LogP contribution in [0, 0.1) is 5.92 Å². The molecule has 24 heavy (non-hydrogen) atoms. The van der Waals surface area contributed by atoms with Crippen LogP contribution in [0.15, 0.2) is 24.3 Å². The van der Waals surface area contributed by atoms with E-state index in [0.29, 0.717) is 19.6 Å². The quantitative estimate of drug-likeness (QED) is 0.817. The average molecular weight is 332 g/mol. The van der Waals surface area contributed by atoms with Gasteiger partial charge in [0.05, 0.1) is 5.92 Å². The zero-order valence-electron chi connectivity index (χ0n) is 15.3. The molecular weight excluding hydrogens is 304 g/mol. The number of hydrogen-bond donors (Lipinski definition) is 0. The smallest absolute Gasteiger partial charge is 0.319 e. The van der Waals surface area contributed by atoms with Crippen molar-refractivity contribution in [1.82, 2.24) is 19.6 Å². The first-order valence-corrected chi connectivity index (χ1v) is 8.21. The van der Waals surface area contributed by atoms with Crippen molar-refractivity contribution in [3.05, 3.63) is 35.4 Å². The maximum Gasteiger partial charge on any atom is 0.319 e. The summed E-state index contributed by atoms with van der Waals surface area (Å²) < 4.78 is 0. The Bertz CT molecular complexity index is 577. The number of urea groups is 1. The molecule has 0 unspecified atom stereocenters. The van der Waals surface area contributed by atoms with Crippen LogP contribution in [-0.4, -0.2) is 79.9 Å². The van der Waals surface area contributed by atoms with Gasteiger partial charge in [0.15, 0.2) is 0 Å². The molecule has 1 aliphatic heterocycles. The second kappa shape index (κ2) is 7.66. The number of carbonyl (C=O) groups is 2. The van der Waals surface area contributed by atoms with Crippen LogP contribution in [0.5, 0.6) is 0 Å². The van der Waals surface area contributed by atoms with Gasteiger partial charge in [0.25, 0.3) is 0 Å². The Hall–Kier alpha value is -2.08. The third-order valence-electron chi connectivity index (χ3n) is 4.20. The molecule has 0 aromatic heterocycles. The van der Waals surface area contributed by atoms with Gasteiger partial charge in [-0.25, -0.2) is 4.79 Å². The summed E-state index contributed by atoms with van der Waals surface area (Å²) in [4.78, 5) is 31.4. The molecule has 0 atom stereocenters. The monoisotopic (exact) mass is 332 g/mol. The van der Waals surface area contributed by atoms with Crippen LogP contribution in [0.1, 0.15) is 11.1 Å². The van der Waals surface area contributed by atoms with Crippen LogP contribution in [0.4, 0.5) is 4.79 Å². The van der Waals surface area contributed by atoms with Crippen molar-refractivity contribution < 1.29 is 9.59 Å². The van der Waals surface area contributed by atoms with Crippen molar-refractivity contribution in [2.45, 2.75) is 13.1 Å². The minimum absolute atomic E-state index is 0.0295. The fourth-order valence-corrected chi connectivity index (χ4v) is 2.85. The molecule has 0 N–H and O–H groups in total. The maximum absolute atomic E-state index is 12.4. The first kappa shape index (κ1) is 18.3. The van der Waals surface area contributed by atoms with Crippen molar-refractivity contribution in [3.63, 3.8) is 0 Å². The number of nitrogens with zero attached hydrogens (tertiary/aromatic N) is 4. The van der Waals surface area contributed by atoms with E-state index >= 15 is 0 Å². The van der Waals surface area contributed by atoms with E-state index in [-0.39, 0.29) is 17.9 Å². The van der Waals surface area contributed by atoms with Crippen molar-refractivity contribution in [2.75, 3.05) is 48.3 Å². The lowest BCUT2D eigenvalue weighted by Crippen LogP contribution is -2.58. The zero-order valence-corrected chi connectivity index (χ0v) is 15.3. The van der Waals surface area contributed by atoms with Gasteiger partial charge in [0.2, 0.25) is 5.91 Å². The molecule has 3 amide bonds. The van der Waals surface area contributed by atoms with E-state index < -0.39 is 0 Å². The molecule has 6 heteroatoms. The first-order chi connectivity index (χ1) is 11.3. The molecule has 1 aromatic carbocycles. The number of hydrogen-bond acceptors (Lipinski definition) is 3. The standard InChI is InChI=1S/C18H28N4O2/c1-19(2)10-14-6-8-15(9-7-14)11-21(5)17(23)16-12-22(13-16)18(24)20(3)4/h6-9,16H,10-13H2,1-5H3. The Labute approximate surface area is 144 Å². The van der Waals surface area contributed by atoms with Crippen molar-refractivity contribution >= 4 is 11.9 Å².